The van der Waals surface area contributed by atoms with Gasteiger partial charge in [-0.15, -0.1) is 0 Å². The number of rotatable bonds is 4. The van der Waals surface area contributed by atoms with Gasteiger partial charge >= 0.3 is 0 Å². The maximum Gasteiger partial charge on any atom is 0.0587 e. The van der Waals surface area contributed by atoms with Gasteiger partial charge < -0.3 is 15.2 Å². The predicted molar refractivity (Wildman–Crippen MR) is 52.7 cm³/mol. The fourth-order valence-electron chi connectivity index (χ4n) is 1.62. The van der Waals surface area contributed by atoms with Gasteiger partial charge in [-0.3, -0.25) is 0 Å². The summed E-state index contributed by atoms with van der Waals surface area (Å²) in [6.45, 7) is 6.21. The fraction of sp³-hybridized carbons (Fsp3) is 1.00. The Morgan fingerprint density at radius 1 is 1.38 bits per heavy atom. The van der Waals surface area contributed by atoms with Gasteiger partial charge in [-0.2, -0.15) is 0 Å². The van der Waals surface area contributed by atoms with Crippen molar-refractivity contribution in [3.63, 3.8) is 0 Å². The van der Waals surface area contributed by atoms with Crippen LogP contribution in [-0.4, -0.2) is 37.0 Å². The Morgan fingerprint density at radius 2 is 2.00 bits per heavy atom. The van der Waals surface area contributed by atoms with Gasteiger partial charge in [0.2, 0.25) is 0 Å². The lowest BCUT2D eigenvalue weighted by Gasteiger charge is -2.29. The molecule has 0 aliphatic carbocycles. The largest absolute Gasteiger partial charge is 0.395 e. The molecule has 13 heavy (non-hydrogen) atoms. The number of ether oxygens (including phenoxy) is 1. The van der Waals surface area contributed by atoms with Crippen molar-refractivity contribution in [2.45, 2.75) is 38.8 Å². The van der Waals surface area contributed by atoms with Crippen molar-refractivity contribution < 1.29 is 9.84 Å². The molecule has 1 rings (SSSR count). The number of nitrogens with one attached hydrogen (secondary N) is 1. The molecule has 1 fully saturated rings. The molecule has 0 saturated carbocycles. The molecular formula is C10H21NO2. The lowest BCUT2D eigenvalue weighted by molar-refractivity contribution is 0.0682. The van der Waals surface area contributed by atoms with E-state index in [0.29, 0.717) is 12.0 Å². The number of aliphatic hydroxyl groups is 1. The number of hydrogen-bond acceptors (Lipinski definition) is 3. The zero-order chi connectivity index (χ0) is 9.68. The van der Waals surface area contributed by atoms with Crippen molar-refractivity contribution in [3.05, 3.63) is 0 Å². The van der Waals surface area contributed by atoms with E-state index in [1.165, 1.54) is 0 Å². The zero-order valence-corrected chi connectivity index (χ0v) is 8.62. The number of aliphatic hydroxyl groups excluding tert-OH is 1. The molecule has 0 radical (unpaired) electrons. The second-order valence-corrected chi connectivity index (χ2v) is 4.09. The van der Waals surface area contributed by atoms with Gasteiger partial charge in [0.25, 0.3) is 0 Å². The monoisotopic (exact) mass is 187 g/mol. The van der Waals surface area contributed by atoms with E-state index in [1.54, 1.807) is 0 Å². The Hall–Kier alpha value is -0.120. The first kappa shape index (κ1) is 11.0. The summed E-state index contributed by atoms with van der Waals surface area (Å²) in [7, 11) is 0. The third-order valence-corrected chi connectivity index (χ3v) is 2.67. The summed E-state index contributed by atoms with van der Waals surface area (Å²) in [4.78, 5) is 0. The van der Waals surface area contributed by atoms with E-state index in [0.717, 1.165) is 26.1 Å². The van der Waals surface area contributed by atoms with Crippen molar-refractivity contribution in [2.24, 2.45) is 5.92 Å². The maximum absolute atomic E-state index is 9.13. The fourth-order valence-corrected chi connectivity index (χ4v) is 1.62. The first-order valence-corrected chi connectivity index (χ1v) is 5.18. The van der Waals surface area contributed by atoms with E-state index in [2.05, 4.69) is 19.2 Å². The van der Waals surface area contributed by atoms with Gasteiger partial charge in [0.1, 0.15) is 0 Å². The zero-order valence-electron chi connectivity index (χ0n) is 8.62. The van der Waals surface area contributed by atoms with Crippen LogP contribution >= 0.6 is 0 Å². The molecule has 0 spiro atoms. The molecule has 3 nitrogen and oxygen atoms in total. The highest BCUT2D eigenvalue weighted by atomic mass is 16.5. The van der Waals surface area contributed by atoms with Gasteiger partial charge in [-0.25, -0.2) is 0 Å². The third-order valence-electron chi connectivity index (χ3n) is 2.67. The van der Waals surface area contributed by atoms with Crippen LogP contribution < -0.4 is 5.32 Å². The minimum absolute atomic E-state index is 0.231. The summed E-state index contributed by atoms with van der Waals surface area (Å²) < 4.78 is 5.27. The van der Waals surface area contributed by atoms with Crippen molar-refractivity contribution >= 4 is 0 Å². The molecule has 0 aromatic heterocycles. The Morgan fingerprint density at radius 3 is 2.46 bits per heavy atom. The van der Waals surface area contributed by atoms with Crippen LogP contribution in [0.5, 0.6) is 0 Å². The van der Waals surface area contributed by atoms with Crippen LogP contribution in [0.2, 0.25) is 0 Å². The highest BCUT2D eigenvalue weighted by molar-refractivity contribution is 4.77. The topological polar surface area (TPSA) is 41.5 Å². The van der Waals surface area contributed by atoms with E-state index in [9.17, 15) is 0 Å². The van der Waals surface area contributed by atoms with Crippen molar-refractivity contribution in [1.29, 1.82) is 0 Å². The first-order valence-electron chi connectivity index (χ1n) is 5.18. The molecule has 2 N–H and O–H groups in total. The SMILES string of the molecule is CC(C)C(CO)NC1CCOCC1. The highest BCUT2D eigenvalue weighted by Crippen LogP contribution is 2.10. The van der Waals surface area contributed by atoms with Crippen LogP contribution in [0.3, 0.4) is 0 Å². The van der Waals surface area contributed by atoms with Gasteiger partial charge in [-0.05, 0) is 18.8 Å². The third kappa shape index (κ3) is 3.63. The molecule has 0 amide bonds. The van der Waals surface area contributed by atoms with E-state index in [4.69, 9.17) is 9.84 Å². The summed E-state index contributed by atoms with van der Waals surface area (Å²) in [5, 5.41) is 12.6. The van der Waals surface area contributed by atoms with Gasteiger partial charge in [0, 0.05) is 25.3 Å². The van der Waals surface area contributed by atoms with Crippen LogP contribution in [0.15, 0.2) is 0 Å². The second kappa shape index (κ2) is 5.58. The molecule has 1 atom stereocenters. The Kier molecular flexibility index (Phi) is 4.70. The maximum atomic E-state index is 9.13. The standard InChI is InChI=1S/C10H21NO2/c1-8(2)10(7-12)11-9-3-5-13-6-4-9/h8-12H,3-7H2,1-2H3. The molecule has 78 valence electrons. The van der Waals surface area contributed by atoms with Crippen molar-refractivity contribution in [1.82, 2.24) is 5.32 Å². The van der Waals surface area contributed by atoms with Gasteiger partial charge in [0.15, 0.2) is 0 Å². The molecule has 0 bridgehead atoms. The minimum atomic E-state index is 0.231. The Balaban J connectivity index is 2.27. The lowest BCUT2D eigenvalue weighted by atomic mass is 10.0. The summed E-state index contributed by atoms with van der Waals surface area (Å²) in [6.07, 6.45) is 2.15. The van der Waals surface area contributed by atoms with Gasteiger partial charge in [-0.1, -0.05) is 13.8 Å². The Bertz CT molecular complexity index is 133. The van der Waals surface area contributed by atoms with Crippen LogP contribution in [-0.2, 0) is 4.74 Å². The average molecular weight is 187 g/mol. The molecule has 3 heteroatoms. The molecule has 1 saturated heterocycles. The highest BCUT2D eigenvalue weighted by Gasteiger charge is 2.19. The smallest absolute Gasteiger partial charge is 0.0587 e. The molecule has 0 aromatic rings. The normalized spacial score (nSPS) is 22.2. The molecule has 1 heterocycles. The second-order valence-electron chi connectivity index (χ2n) is 4.09. The number of hydrogen-bond donors (Lipinski definition) is 2. The first-order chi connectivity index (χ1) is 6.24. The van der Waals surface area contributed by atoms with Crippen LogP contribution in [0, 0.1) is 5.92 Å². The van der Waals surface area contributed by atoms with Crippen molar-refractivity contribution in [3.8, 4) is 0 Å². The van der Waals surface area contributed by atoms with Crippen LogP contribution in [0.1, 0.15) is 26.7 Å². The van der Waals surface area contributed by atoms with E-state index < -0.39 is 0 Å². The van der Waals surface area contributed by atoms with Crippen LogP contribution in [0.4, 0.5) is 0 Å². The molecular weight excluding hydrogens is 166 g/mol. The summed E-state index contributed by atoms with van der Waals surface area (Å²) in [5.41, 5.74) is 0. The Labute approximate surface area is 80.5 Å². The van der Waals surface area contributed by atoms with E-state index in [-0.39, 0.29) is 12.6 Å². The summed E-state index contributed by atoms with van der Waals surface area (Å²) >= 11 is 0. The molecule has 1 aliphatic rings. The minimum Gasteiger partial charge on any atom is -0.395 e. The molecule has 1 aliphatic heterocycles. The van der Waals surface area contributed by atoms with Gasteiger partial charge in [0.05, 0.1) is 6.61 Å². The van der Waals surface area contributed by atoms with E-state index in [1.807, 2.05) is 0 Å². The predicted octanol–water partition coefficient (Wildman–Crippen LogP) is 0.772. The lowest BCUT2D eigenvalue weighted by Crippen LogP contribution is -2.45. The van der Waals surface area contributed by atoms with Crippen molar-refractivity contribution in [2.75, 3.05) is 19.8 Å². The quantitative estimate of drug-likeness (QED) is 0.683. The summed E-state index contributed by atoms with van der Waals surface area (Å²) in [6, 6.07) is 0.774. The van der Waals surface area contributed by atoms with E-state index >= 15 is 0 Å². The summed E-state index contributed by atoms with van der Waals surface area (Å²) in [5.74, 6) is 0.493. The molecule has 1 unspecified atom stereocenters. The average Bonchev–Trinajstić information content (AvgIpc) is 2.15. The van der Waals surface area contributed by atoms with Crippen LogP contribution in [0.25, 0.3) is 0 Å². The molecule has 0 aromatic carbocycles.